The molecule has 0 radical (unpaired) electrons. The zero-order valence-electron chi connectivity index (χ0n) is 20.9. The highest BCUT2D eigenvalue weighted by Crippen LogP contribution is 2.26. The van der Waals surface area contributed by atoms with Crippen molar-refractivity contribution in [1.82, 2.24) is 0 Å². The van der Waals surface area contributed by atoms with Crippen LogP contribution in [0.2, 0.25) is 0 Å². The molecular weight excluding hydrogens is 440 g/mol. The topological polar surface area (TPSA) is 52.6 Å². The summed E-state index contributed by atoms with van der Waals surface area (Å²) >= 11 is 6.50. The zero-order chi connectivity index (χ0) is 23.7. The van der Waals surface area contributed by atoms with E-state index in [4.69, 9.17) is 9.47 Å². The molecule has 0 spiro atoms. The molecule has 0 saturated carbocycles. The Labute approximate surface area is 208 Å². The Bertz CT molecular complexity index is 432. The van der Waals surface area contributed by atoms with E-state index in [2.05, 4.69) is 24.4 Å². The Kier molecular flexibility index (Phi) is 25.0. The molecule has 0 heterocycles. The van der Waals surface area contributed by atoms with Crippen LogP contribution in [0.5, 0.6) is 0 Å². The van der Waals surface area contributed by atoms with E-state index in [1.807, 2.05) is 0 Å². The van der Waals surface area contributed by atoms with Gasteiger partial charge in [-0.05, 0) is 50.0 Å². The Morgan fingerprint density at radius 2 is 1.03 bits per heavy atom. The van der Waals surface area contributed by atoms with Crippen LogP contribution in [0.25, 0.3) is 0 Å². The van der Waals surface area contributed by atoms with Gasteiger partial charge in [-0.25, -0.2) is 0 Å². The second-order valence-electron chi connectivity index (χ2n) is 8.75. The first kappa shape index (κ1) is 31.6. The maximum Gasteiger partial charge on any atom is 0.305 e. The lowest BCUT2D eigenvalue weighted by Gasteiger charge is -2.17. The number of carbonyl (C=O) groups excluding carboxylic acids is 2. The van der Waals surface area contributed by atoms with Gasteiger partial charge in [0, 0.05) is 18.1 Å². The van der Waals surface area contributed by atoms with E-state index in [-0.39, 0.29) is 11.9 Å². The quantitative estimate of drug-likeness (QED) is 0.0850. The first-order valence-electron chi connectivity index (χ1n) is 13.0. The molecule has 4 nitrogen and oxygen atoms in total. The van der Waals surface area contributed by atoms with Crippen molar-refractivity contribution in [2.24, 2.45) is 0 Å². The average molecular weight is 491 g/mol. The van der Waals surface area contributed by atoms with Crippen molar-refractivity contribution in [1.29, 1.82) is 0 Å². The number of unbranched alkanes of at least 4 members (excludes halogenated alkanes) is 12. The van der Waals surface area contributed by atoms with Gasteiger partial charge in [0.05, 0.1) is 14.2 Å². The zero-order valence-corrected chi connectivity index (χ0v) is 22.6. The van der Waals surface area contributed by atoms with Gasteiger partial charge in [-0.1, -0.05) is 70.6 Å². The summed E-state index contributed by atoms with van der Waals surface area (Å²) in [6.07, 6.45) is 22.2. The Morgan fingerprint density at radius 3 is 1.50 bits per heavy atom. The molecule has 0 aliphatic heterocycles. The normalized spacial score (nSPS) is 12.0. The van der Waals surface area contributed by atoms with Gasteiger partial charge >= 0.3 is 11.9 Å². The summed E-state index contributed by atoms with van der Waals surface area (Å²) in [6, 6.07) is 0. The molecule has 0 aromatic rings. The van der Waals surface area contributed by atoms with Crippen molar-refractivity contribution in [2.75, 3.05) is 25.7 Å². The minimum absolute atomic E-state index is 0.0840. The lowest BCUT2D eigenvalue weighted by Crippen LogP contribution is -2.05. The first-order chi connectivity index (χ1) is 15.6. The van der Waals surface area contributed by atoms with Crippen LogP contribution in [0.1, 0.15) is 122 Å². The molecule has 0 aliphatic carbocycles. The van der Waals surface area contributed by atoms with Gasteiger partial charge in [-0.3, -0.25) is 9.59 Å². The SMILES string of the molecule is COC(=O)CCCCCCCCC(CCCCCCCC(=O)OC)SCCCCCCS. The van der Waals surface area contributed by atoms with Gasteiger partial charge in [0.2, 0.25) is 0 Å². The molecule has 0 amide bonds. The molecule has 0 aromatic carbocycles. The molecule has 1 atom stereocenters. The third-order valence-electron chi connectivity index (χ3n) is 5.93. The van der Waals surface area contributed by atoms with Gasteiger partial charge in [-0.2, -0.15) is 24.4 Å². The van der Waals surface area contributed by atoms with E-state index in [0.717, 1.165) is 36.7 Å². The molecule has 0 bridgehead atoms. The Hall–Kier alpha value is -0.360. The smallest absolute Gasteiger partial charge is 0.305 e. The van der Waals surface area contributed by atoms with Gasteiger partial charge < -0.3 is 9.47 Å². The summed E-state index contributed by atoms with van der Waals surface area (Å²) in [5, 5.41) is 0.800. The van der Waals surface area contributed by atoms with Crippen LogP contribution in [0.4, 0.5) is 0 Å². The van der Waals surface area contributed by atoms with Crippen LogP contribution in [-0.4, -0.2) is 42.9 Å². The van der Waals surface area contributed by atoms with Crippen LogP contribution in [0.15, 0.2) is 0 Å². The number of carbonyl (C=O) groups is 2. The number of hydrogen-bond acceptors (Lipinski definition) is 6. The molecule has 0 fully saturated rings. The van der Waals surface area contributed by atoms with Crippen molar-refractivity contribution in [2.45, 2.75) is 127 Å². The van der Waals surface area contributed by atoms with E-state index in [9.17, 15) is 9.59 Å². The molecule has 190 valence electrons. The highest BCUT2D eigenvalue weighted by molar-refractivity contribution is 7.99. The van der Waals surface area contributed by atoms with Crippen LogP contribution < -0.4 is 0 Å². The van der Waals surface area contributed by atoms with Gasteiger partial charge in [0.1, 0.15) is 0 Å². The monoisotopic (exact) mass is 490 g/mol. The van der Waals surface area contributed by atoms with Crippen LogP contribution in [0, 0.1) is 0 Å². The molecule has 0 rings (SSSR count). The van der Waals surface area contributed by atoms with Gasteiger partial charge in [-0.15, -0.1) is 0 Å². The molecule has 6 heteroatoms. The fraction of sp³-hybridized carbons (Fsp3) is 0.923. The van der Waals surface area contributed by atoms with Gasteiger partial charge in [0.15, 0.2) is 0 Å². The largest absolute Gasteiger partial charge is 0.469 e. The molecule has 32 heavy (non-hydrogen) atoms. The van der Waals surface area contributed by atoms with E-state index in [1.54, 1.807) is 0 Å². The van der Waals surface area contributed by atoms with E-state index in [0.29, 0.717) is 12.8 Å². The average Bonchev–Trinajstić information content (AvgIpc) is 2.81. The highest BCUT2D eigenvalue weighted by Gasteiger charge is 2.09. The van der Waals surface area contributed by atoms with Crippen molar-refractivity contribution in [3.05, 3.63) is 0 Å². The number of ether oxygens (including phenoxy) is 2. The summed E-state index contributed by atoms with van der Waals surface area (Å²) in [7, 11) is 2.93. The fourth-order valence-electron chi connectivity index (χ4n) is 3.85. The summed E-state index contributed by atoms with van der Waals surface area (Å²) in [6.45, 7) is 0. The van der Waals surface area contributed by atoms with E-state index in [1.165, 1.54) is 103 Å². The molecule has 1 unspecified atom stereocenters. The number of hydrogen-bond donors (Lipinski definition) is 1. The molecular formula is C26H50O4S2. The Balaban J connectivity index is 3.89. The number of methoxy groups -OCH3 is 2. The van der Waals surface area contributed by atoms with Crippen LogP contribution >= 0.6 is 24.4 Å². The van der Waals surface area contributed by atoms with Crippen molar-refractivity contribution < 1.29 is 19.1 Å². The minimum Gasteiger partial charge on any atom is -0.469 e. The van der Waals surface area contributed by atoms with Crippen LogP contribution in [0.3, 0.4) is 0 Å². The van der Waals surface area contributed by atoms with Crippen molar-refractivity contribution in [3.63, 3.8) is 0 Å². The van der Waals surface area contributed by atoms with E-state index >= 15 is 0 Å². The summed E-state index contributed by atoms with van der Waals surface area (Å²) in [5.74, 6) is 2.14. The number of esters is 2. The third-order valence-corrected chi connectivity index (χ3v) is 7.71. The predicted octanol–water partition coefficient (Wildman–Crippen LogP) is 7.78. The molecule has 0 saturated heterocycles. The van der Waals surface area contributed by atoms with E-state index < -0.39 is 0 Å². The van der Waals surface area contributed by atoms with Crippen molar-refractivity contribution in [3.8, 4) is 0 Å². The van der Waals surface area contributed by atoms with Crippen molar-refractivity contribution >= 4 is 36.3 Å². The van der Waals surface area contributed by atoms with Crippen LogP contribution in [-0.2, 0) is 19.1 Å². The molecule has 0 aliphatic rings. The minimum atomic E-state index is -0.0843. The fourth-order valence-corrected chi connectivity index (χ4v) is 5.45. The third kappa shape index (κ3) is 22.8. The number of thioether (sulfide) groups is 1. The summed E-state index contributed by atoms with van der Waals surface area (Å²) in [4.78, 5) is 22.3. The number of rotatable bonds is 24. The maximum absolute atomic E-state index is 11.2. The Morgan fingerprint density at radius 1 is 0.625 bits per heavy atom. The lowest BCUT2D eigenvalue weighted by molar-refractivity contribution is -0.141. The summed E-state index contributed by atoms with van der Waals surface area (Å²) in [5.41, 5.74) is 0. The maximum atomic E-state index is 11.2. The molecule has 0 N–H and O–H groups in total. The summed E-state index contributed by atoms with van der Waals surface area (Å²) < 4.78 is 9.39. The molecule has 0 aromatic heterocycles. The first-order valence-corrected chi connectivity index (χ1v) is 14.7. The predicted molar refractivity (Wildman–Crippen MR) is 142 cm³/mol. The number of thiol groups is 1. The standard InChI is InChI=1S/C26H50O4S2/c1-29-25(27)20-14-8-4-3-6-12-18-24(32-23-17-11-10-16-22-31)19-13-7-5-9-15-21-26(28)30-2/h24,31H,3-23H2,1-2H3. The highest BCUT2D eigenvalue weighted by atomic mass is 32.2. The second kappa shape index (κ2) is 25.3. The second-order valence-corrected chi connectivity index (χ2v) is 10.6. The van der Waals surface area contributed by atoms with Gasteiger partial charge in [0.25, 0.3) is 0 Å². The lowest BCUT2D eigenvalue weighted by atomic mass is 10.0.